The largest absolute Gasteiger partial charge is 0.573 e. The van der Waals surface area contributed by atoms with Gasteiger partial charge < -0.3 is 4.74 Å². The number of pyridine rings is 1. The number of nitriles is 1. The maximum Gasteiger partial charge on any atom is 0.573 e. The molecular formula is C7HBrF4N2O. The van der Waals surface area contributed by atoms with E-state index in [1.54, 1.807) is 0 Å². The van der Waals surface area contributed by atoms with E-state index in [9.17, 15) is 17.6 Å². The van der Waals surface area contributed by atoms with Crippen molar-refractivity contribution in [1.29, 1.82) is 5.26 Å². The van der Waals surface area contributed by atoms with E-state index < -0.39 is 22.4 Å². The zero-order chi connectivity index (χ0) is 11.6. The van der Waals surface area contributed by atoms with Crippen LogP contribution in [0.15, 0.2) is 10.7 Å². The molecule has 1 aromatic rings. The number of hydrogen-bond acceptors (Lipinski definition) is 3. The molecule has 0 aliphatic rings. The lowest BCUT2D eigenvalue weighted by Gasteiger charge is -2.09. The number of alkyl halides is 3. The highest BCUT2D eigenvalue weighted by Gasteiger charge is 2.33. The lowest BCUT2D eigenvalue weighted by atomic mass is 10.3. The van der Waals surface area contributed by atoms with Crippen LogP contribution < -0.4 is 4.74 Å². The van der Waals surface area contributed by atoms with Crippen molar-refractivity contribution in [2.45, 2.75) is 6.36 Å². The van der Waals surface area contributed by atoms with Crippen LogP contribution >= 0.6 is 15.9 Å². The number of hydrogen-bond donors (Lipinski definition) is 0. The summed E-state index contributed by atoms with van der Waals surface area (Å²) in [6, 6.07) is 1.49. The SMILES string of the molecule is N#Cc1ncc(OC(F)(F)F)c(F)c1Br. The quantitative estimate of drug-likeness (QED) is 0.745. The molecule has 0 saturated heterocycles. The van der Waals surface area contributed by atoms with E-state index in [4.69, 9.17) is 5.26 Å². The van der Waals surface area contributed by atoms with Gasteiger partial charge in [-0.15, -0.1) is 13.2 Å². The fourth-order valence-corrected chi connectivity index (χ4v) is 1.11. The van der Waals surface area contributed by atoms with Gasteiger partial charge in [0.15, 0.2) is 17.3 Å². The topological polar surface area (TPSA) is 45.9 Å². The fraction of sp³-hybridized carbons (Fsp3) is 0.143. The Bertz CT molecular complexity index is 426. The second-order valence-electron chi connectivity index (χ2n) is 2.26. The Kier molecular flexibility index (Phi) is 3.14. The third-order valence-corrected chi connectivity index (χ3v) is 1.98. The molecule has 0 radical (unpaired) electrons. The van der Waals surface area contributed by atoms with Crippen LogP contribution in [0.5, 0.6) is 5.75 Å². The second-order valence-corrected chi connectivity index (χ2v) is 3.05. The summed E-state index contributed by atoms with van der Waals surface area (Å²) >= 11 is 2.59. The van der Waals surface area contributed by atoms with Crippen molar-refractivity contribution >= 4 is 15.9 Å². The molecule has 0 amide bonds. The number of rotatable bonds is 1. The predicted molar refractivity (Wildman–Crippen MR) is 43.3 cm³/mol. The van der Waals surface area contributed by atoms with Crippen molar-refractivity contribution in [3.8, 4) is 11.8 Å². The molecule has 3 nitrogen and oxygen atoms in total. The summed E-state index contributed by atoms with van der Waals surface area (Å²) in [5, 5.41) is 8.39. The van der Waals surface area contributed by atoms with Gasteiger partial charge in [0.1, 0.15) is 6.07 Å². The van der Waals surface area contributed by atoms with Gasteiger partial charge in [0.05, 0.1) is 10.7 Å². The minimum absolute atomic E-state index is 0.359. The summed E-state index contributed by atoms with van der Waals surface area (Å²) in [7, 11) is 0. The monoisotopic (exact) mass is 284 g/mol. The van der Waals surface area contributed by atoms with Gasteiger partial charge in [-0.25, -0.2) is 9.37 Å². The average molecular weight is 285 g/mol. The standard InChI is InChI=1S/C7HBrF4N2O/c8-5-3(1-13)14-2-4(6(5)9)15-7(10,11)12/h2H. The summed E-state index contributed by atoms with van der Waals surface area (Å²) in [5.41, 5.74) is -0.359. The molecule has 8 heteroatoms. The highest BCUT2D eigenvalue weighted by molar-refractivity contribution is 9.10. The van der Waals surface area contributed by atoms with Gasteiger partial charge in [0.25, 0.3) is 0 Å². The van der Waals surface area contributed by atoms with E-state index in [1.807, 2.05) is 0 Å². The number of ether oxygens (including phenoxy) is 1. The van der Waals surface area contributed by atoms with E-state index in [0.717, 1.165) is 0 Å². The molecule has 15 heavy (non-hydrogen) atoms. The van der Waals surface area contributed by atoms with Gasteiger partial charge in [-0.3, -0.25) is 0 Å². The number of aromatic nitrogens is 1. The maximum absolute atomic E-state index is 13.1. The molecule has 0 aliphatic heterocycles. The smallest absolute Gasteiger partial charge is 0.401 e. The maximum atomic E-state index is 13.1. The van der Waals surface area contributed by atoms with Crippen LogP contribution in [0.4, 0.5) is 17.6 Å². The van der Waals surface area contributed by atoms with Gasteiger partial charge in [0.2, 0.25) is 0 Å². The van der Waals surface area contributed by atoms with E-state index in [0.29, 0.717) is 6.20 Å². The number of halogens is 5. The molecular weight excluding hydrogens is 284 g/mol. The zero-order valence-corrected chi connectivity index (χ0v) is 8.36. The third-order valence-electron chi connectivity index (χ3n) is 1.26. The minimum atomic E-state index is -5.00. The normalized spacial score (nSPS) is 10.9. The lowest BCUT2D eigenvalue weighted by molar-refractivity contribution is -0.275. The Morgan fingerprint density at radius 3 is 2.53 bits per heavy atom. The Labute approximate surface area is 89.4 Å². The van der Waals surface area contributed by atoms with Crippen molar-refractivity contribution in [2.75, 3.05) is 0 Å². The Morgan fingerprint density at radius 1 is 1.47 bits per heavy atom. The molecule has 0 unspecified atom stereocenters. The molecule has 0 fully saturated rings. The summed E-state index contributed by atoms with van der Waals surface area (Å²) in [6.07, 6.45) is -4.51. The molecule has 1 heterocycles. The molecule has 0 aliphatic carbocycles. The van der Waals surface area contributed by atoms with Gasteiger partial charge in [-0.2, -0.15) is 5.26 Å². The Morgan fingerprint density at radius 2 is 2.07 bits per heavy atom. The molecule has 0 saturated carbocycles. The first kappa shape index (κ1) is 11.7. The molecule has 1 rings (SSSR count). The van der Waals surface area contributed by atoms with E-state index in [-0.39, 0.29) is 5.69 Å². The number of nitrogens with zero attached hydrogens (tertiary/aromatic N) is 2. The van der Waals surface area contributed by atoms with Crippen LogP contribution in [-0.4, -0.2) is 11.3 Å². The highest BCUT2D eigenvalue weighted by Crippen LogP contribution is 2.30. The van der Waals surface area contributed by atoms with Crippen LogP contribution in [0.25, 0.3) is 0 Å². The average Bonchev–Trinajstić information content (AvgIpc) is 2.11. The molecule has 1 aromatic heterocycles. The molecule has 0 aromatic carbocycles. The first-order valence-corrected chi connectivity index (χ1v) is 4.14. The Hall–Kier alpha value is -1.36. The van der Waals surface area contributed by atoms with Crippen LogP contribution in [0, 0.1) is 17.1 Å². The van der Waals surface area contributed by atoms with E-state index >= 15 is 0 Å². The van der Waals surface area contributed by atoms with Gasteiger partial charge in [0, 0.05) is 0 Å². The minimum Gasteiger partial charge on any atom is -0.401 e. The zero-order valence-electron chi connectivity index (χ0n) is 6.77. The van der Waals surface area contributed by atoms with Crippen LogP contribution in [0.2, 0.25) is 0 Å². The second kappa shape index (κ2) is 4.02. The molecule has 80 valence electrons. The highest BCUT2D eigenvalue weighted by atomic mass is 79.9. The van der Waals surface area contributed by atoms with Gasteiger partial charge in [-0.05, 0) is 15.9 Å². The van der Waals surface area contributed by atoms with Crippen LogP contribution in [0.1, 0.15) is 5.69 Å². The third kappa shape index (κ3) is 2.79. The van der Waals surface area contributed by atoms with Gasteiger partial charge in [-0.1, -0.05) is 0 Å². The fourth-order valence-electron chi connectivity index (χ4n) is 0.722. The Balaban J connectivity index is 3.14. The van der Waals surface area contributed by atoms with Gasteiger partial charge >= 0.3 is 6.36 Å². The summed E-state index contributed by atoms with van der Waals surface area (Å²) < 4.78 is 51.2. The first-order valence-electron chi connectivity index (χ1n) is 3.35. The van der Waals surface area contributed by atoms with Crippen LogP contribution in [-0.2, 0) is 0 Å². The summed E-state index contributed by atoms with van der Waals surface area (Å²) in [4.78, 5) is 3.27. The molecule has 0 N–H and O–H groups in total. The first-order chi connectivity index (χ1) is 6.85. The molecule has 0 spiro atoms. The van der Waals surface area contributed by atoms with E-state index in [1.165, 1.54) is 6.07 Å². The van der Waals surface area contributed by atoms with Crippen molar-refractivity contribution in [3.63, 3.8) is 0 Å². The molecule has 0 bridgehead atoms. The summed E-state index contributed by atoms with van der Waals surface area (Å²) in [5.74, 6) is -2.41. The van der Waals surface area contributed by atoms with Crippen molar-refractivity contribution in [3.05, 3.63) is 22.2 Å². The van der Waals surface area contributed by atoms with Crippen molar-refractivity contribution in [1.82, 2.24) is 4.98 Å². The van der Waals surface area contributed by atoms with Crippen molar-refractivity contribution < 1.29 is 22.3 Å². The van der Waals surface area contributed by atoms with Crippen molar-refractivity contribution in [2.24, 2.45) is 0 Å². The lowest BCUT2D eigenvalue weighted by Crippen LogP contribution is -2.18. The molecule has 0 atom stereocenters. The van der Waals surface area contributed by atoms with Crippen LogP contribution in [0.3, 0.4) is 0 Å². The predicted octanol–water partition coefficient (Wildman–Crippen LogP) is 2.75. The van der Waals surface area contributed by atoms with E-state index in [2.05, 4.69) is 25.7 Å². The summed E-state index contributed by atoms with van der Waals surface area (Å²) in [6.45, 7) is 0.